The van der Waals surface area contributed by atoms with E-state index in [1.807, 2.05) is 0 Å². The SMILES string of the molecule is O=C(O)/C=C/C1C(C(=O)O)C=CC(C(=O)O)C1C(=O)O. The lowest BCUT2D eigenvalue weighted by Gasteiger charge is -2.31. The molecule has 0 bridgehead atoms. The zero-order chi connectivity index (χ0) is 15.4. The molecule has 1 aliphatic carbocycles. The van der Waals surface area contributed by atoms with Gasteiger partial charge in [-0.15, -0.1) is 0 Å². The van der Waals surface area contributed by atoms with Crippen LogP contribution in [0.4, 0.5) is 0 Å². The van der Waals surface area contributed by atoms with Gasteiger partial charge in [-0.05, 0) is 0 Å². The Bertz CT molecular complexity index is 504. The largest absolute Gasteiger partial charge is 0.481 e. The minimum atomic E-state index is -1.55. The Kier molecular flexibility index (Phi) is 4.63. The molecule has 0 aromatic rings. The standard InChI is InChI=1S/C12H12O8/c13-8(14)4-3-5-6(10(15)16)1-2-7(11(17)18)9(5)12(19)20/h1-7,9H,(H,13,14)(H,15,16)(H,17,18)(H,19,20)/b4-3+. The van der Waals surface area contributed by atoms with Gasteiger partial charge in [-0.25, -0.2) is 4.79 Å². The van der Waals surface area contributed by atoms with E-state index in [9.17, 15) is 19.2 Å². The molecule has 0 aromatic carbocycles. The molecule has 20 heavy (non-hydrogen) atoms. The maximum absolute atomic E-state index is 11.2. The van der Waals surface area contributed by atoms with Crippen LogP contribution < -0.4 is 0 Å². The van der Waals surface area contributed by atoms with Gasteiger partial charge in [0.05, 0.1) is 17.8 Å². The Balaban J connectivity index is 3.28. The fourth-order valence-corrected chi connectivity index (χ4v) is 2.18. The molecular formula is C12H12O8. The van der Waals surface area contributed by atoms with E-state index >= 15 is 0 Å². The van der Waals surface area contributed by atoms with Crippen LogP contribution in [0.15, 0.2) is 24.3 Å². The van der Waals surface area contributed by atoms with Crippen LogP contribution in [-0.4, -0.2) is 44.3 Å². The van der Waals surface area contributed by atoms with Crippen molar-refractivity contribution >= 4 is 23.9 Å². The van der Waals surface area contributed by atoms with Crippen molar-refractivity contribution in [3.05, 3.63) is 24.3 Å². The number of carbonyl (C=O) groups is 4. The van der Waals surface area contributed by atoms with Crippen LogP contribution in [-0.2, 0) is 19.2 Å². The fourth-order valence-electron chi connectivity index (χ4n) is 2.18. The Hall–Kier alpha value is -2.64. The van der Waals surface area contributed by atoms with Gasteiger partial charge in [0.2, 0.25) is 0 Å². The summed E-state index contributed by atoms with van der Waals surface area (Å²) in [5.74, 6) is -11.1. The average Bonchev–Trinajstić information content (AvgIpc) is 2.34. The lowest BCUT2D eigenvalue weighted by molar-refractivity contribution is -0.156. The highest BCUT2D eigenvalue weighted by molar-refractivity contribution is 5.85. The van der Waals surface area contributed by atoms with Crippen molar-refractivity contribution in [2.24, 2.45) is 23.7 Å². The van der Waals surface area contributed by atoms with Gasteiger partial charge in [-0.1, -0.05) is 18.2 Å². The normalized spacial score (nSPS) is 29.2. The van der Waals surface area contributed by atoms with Crippen LogP contribution in [0.1, 0.15) is 0 Å². The van der Waals surface area contributed by atoms with Crippen molar-refractivity contribution in [1.29, 1.82) is 0 Å². The van der Waals surface area contributed by atoms with E-state index in [2.05, 4.69) is 0 Å². The third-order valence-corrected chi connectivity index (χ3v) is 3.06. The van der Waals surface area contributed by atoms with Gasteiger partial charge in [0.1, 0.15) is 0 Å². The highest BCUT2D eigenvalue weighted by Gasteiger charge is 2.45. The van der Waals surface area contributed by atoms with Gasteiger partial charge < -0.3 is 20.4 Å². The molecule has 1 aliphatic rings. The molecule has 8 nitrogen and oxygen atoms in total. The summed E-state index contributed by atoms with van der Waals surface area (Å²) >= 11 is 0. The minimum Gasteiger partial charge on any atom is -0.481 e. The second-order valence-electron chi connectivity index (χ2n) is 4.25. The monoisotopic (exact) mass is 284 g/mol. The van der Waals surface area contributed by atoms with Gasteiger partial charge in [0.15, 0.2) is 0 Å². The van der Waals surface area contributed by atoms with E-state index in [0.717, 1.165) is 18.2 Å². The molecule has 0 saturated heterocycles. The van der Waals surface area contributed by atoms with Gasteiger partial charge in [0.25, 0.3) is 0 Å². The third-order valence-electron chi connectivity index (χ3n) is 3.06. The number of carboxylic acid groups (broad SMARTS) is 4. The first-order chi connectivity index (χ1) is 9.25. The van der Waals surface area contributed by atoms with Crippen molar-refractivity contribution in [2.75, 3.05) is 0 Å². The molecule has 1 rings (SSSR count). The summed E-state index contributed by atoms with van der Waals surface area (Å²) in [6.45, 7) is 0. The van der Waals surface area contributed by atoms with Crippen LogP contribution in [0.5, 0.6) is 0 Å². The predicted molar refractivity (Wildman–Crippen MR) is 62.8 cm³/mol. The number of hydrogen-bond donors (Lipinski definition) is 4. The van der Waals surface area contributed by atoms with Crippen LogP contribution in [0.25, 0.3) is 0 Å². The minimum absolute atomic E-state index is 0.620. The molecular weight excluding hydrogens is 272 g/mol. The summed E-state index contributed by atoms with van der Waals surface area (Å²) < 4.78 is 0. The lowest BCUT2D eigenvalue weighted by Crippen LogP contribution is -2.41. The number of aliphatic carboxylic acids is 4. The summed E-state index contributed by atoms with van der Waals surface area (Å²) in [7, 11) is 0. The molecule has 0 radical (unpaired) electrons. The Morgan fingerprint density at radius 2 is 1.30 bits per heavy atom. The molecule has 0 spiro atoms. The third kappa shape index (κ3) is 3.22. The highest BCUT2D eigenvalue weighted by atomic mass is 16.4. The molecule has 4 atom stereocenters. The summed E-state index contributed by atoms with van der Waals surface area (Å²) in [4.78, 5) is 43.8. The van der Waals surface area contributed by atoms with Gasteiger partial charge >= 0.3 is 23.9 Å². The highest BCUT2D eigenvalue weighted by Crippen LogP contribution is 2.36. The second kappa shape index (κ2) is 6.00. The van der Waals surface area contributed by atoms with Crippen LogP contribution in [0.2, 0.25) is 0 Å². The molecule has 0 aromatic heterocycles. The van der Waals surface area contributed by atoms with E-state index in [-0.39, 0.29) is 0 Å². The topological polar surface area (TPSA) is 149 Å². The maximum atomic E-state index is 11.2. The quantitative estimate of drug-likeness (QED) is 0.404. The van der Waals surface area contributed by atoms with Gasteiger partial charge in [-0.2, -0.15) is 0 Å². The Labute approximate surface area is 112 Å². The zero-order valence-corrected chi connectivity index (χ0v) is 10.0. The Morgan fingerprint density at radius 1 is 0.800 bits per heavy atom. The van der Waals surface area contributed by atoms with E-state index in [1.165, 1.54) is 0 Å². The van der Waals surface area contributed by atoms with Crippen LogP contribution in [0, 0.1) is 23.7 Å². The van der Waals surface area contributed by atoms with Crippen molar-refractivity contribution in [3.8, 4) is 0 Å². The van der Waals surface area contributed by atoms with E-state index < -0.39 is 47.5 Å². The number of hydrogen-bond acceptors (Lipinski definition) is 4. The first-order valence-corrected chi connectivity index (χ1v) is 5.53. The molecule has 0 aliphatic heterocycles. The Morgan fingerprint density at radius 3 is 1.70 bits per heavy atom. The van der Waals surface area contributed by atoms with E-state index in [4.69, 9.17) is 20.4 Å². The van der Waals surface area contributed by atoms with Crippen molar-refractivity contribution in [1.82, 2.24) is 0 Å². The number of carboxylic acids is 4. The van der Waals surface area contributed by atoms with Crippen molar-refractivity contribution in [2.45, 2.75) is 0 Å². The molecule has 0 amide bonds. The van der Waals surface area contributed by atoms with Crippen LogP contribution in [0.3, 0.4) is 0 Å². The second-order valence-corrected chi connectivity index (χ2v) is 4.25. The molecule has 0 saturated carbocycles. The molecule has 108 valence electrons. The van der Waals surface area contributed by atoms with E-state index in [0.29, 0.717) is 6.08 Å². The smallest absolute Gasteiger partial charge is 0.327 e. The summed E-state index contributed by atoms with van der Waals surface area (Å²) in [6.07, 6.45) is 3.64. The van der Waals surface area contributed by atoms with Crippen molar-refractivity contribution in [3.63, 3.8) is 0 Å². The zero-order valence-electron chi connectivity index (χ0n) is 10.0. The van der Waals surface area contributed by atoms with Crippen LogP contribution >= 0.6 is 0 Å². The molecule has 4 N–H and O–H groups in total. The first-order valence-electron chi connectivity index (χ1n) is 5.53. The summed E-state index contributed by atoms with van der Waals surface area (Å²) in [5.41, 5.74) is 0. The number of allylic oxidation sites excluding steroid dienone is 1. The van der Waals surface area contributed by atoms with Gasteiger partial charge in [-0.3, -0.25) is 14.4 Å². The molecule has 8 heteroatoms. The lowest BCUT2D eigenvalue weighted by atomic mass is 9.70. The summed E-state index contributed by atoms with van der Waals surface area (Å²) in [5, 5.41) is 35.7. The summed E-state index contributed by atoms with van der Waals surface area (Å²) in [6, 6.07) is 0. The molecule has 0 fully saturated rings. The fraction of sp³-hybridized carbons (Fsp3) is 0.333. The average molecular weight is 284 g/mol. The van der Waals surface area contributed by atoms with Gasteiger partial charge in [0, 0.05) is 12.0 Å². The number of rotatable bonds is 5. The molecule has 4 unspecified atom stereocenters. The first kappa shape index (κ1) is 15.4. The molecule has 0 heterocycles. The maximum Gasteiger partial charge on any atom is 0.327 e. The van der Waals surface area contributed by atoms with Crippen molar-refractivity contribution < 1.29 is 39.6 Å². The predicted octanol–water partition coefficient (Wildman–Crippen LogP) is -0.0844. The van der Waals surface area contributed by atoms with E-state index in [1.54, 1.807) is 0 Å².